The van der Waals surface area contributed by atoms with Crippen molar-refractivity contribution in [3.63, 3.8) is 0 Å². The quantitative estimate of drug-likeness (QED) is 0.780. The third-order valence-corrected chi connectivity index (χ3v) is 4.10. The Labute approximate surface area is 118 Å². The summed E-state index contributed by atoms with van der Waals surface area (Å²) in [7, 11) is -3.59. The van der Waals surface area contributed by atoms with Gasteiger partial charge in [-0.3, -0.25) is 0 Å². The van der Waals surface area contributed by atoms with E-state index in [-0.39, 0.29) is 15.5 Å². The van der Waals surface area contributed by atoms with Crippen molar-refractivity contribution in [3.8, 4) is 6.07 Å². The molecule has 104 valence electrons. The van der Waals surface area contributed by atoms with E-state index in [9.17, 15) is 8.42 Å². The molecule has 0 aliphatic heterocycles. The van der Waals surface area contributed by atoms with E-state index in [1.165, 1.54) is 18.2 Å². The summed E-state index contributed by atoms with van der Waals surface area (Å²) in [5.41, 5.74) is 0.247. The number of sulfonamides is 1. The van der Waals surface area contributed by atoms with Crippen molar-refractivity contribution in [2.45, 2.75) is 18.2 Å². The molecule has 5 nitrogen and oxygen atoms in total. The third-order valence-electron chi connectivity index (χ3n) is 2.33. The van der Waals surface area contributed by atoms with Gasteiger partial charge in [-0.25, -0.2) is 13.1 Å². The number of nitrogens with zero attached hydrogens (tertiary/aromatic N) is 1. The van der Waals surface area contributed by atoms with E-state index in [4.69, 9.17) is 21.6 Å². The molecule has 0 heterocycles. The van der Waals surface area contributed by atoms with Gasteiger partial charge in [-0.2, -0.15) is 5.26 Å². The summed E-state index contributed by atoms with van der Waals surface area (Å²) in [5, 5.41) is 8.85. The zero-order chi connectivity index (χ0) is 14.3. The summed E-state index contributed by atoms with van der Waals surface area (Å²) in [6.45, 7) is 3.29. The molecule has 0 atom stereocenters. The van der Waals surface area contributed by atoms with Crippen LogP contribution in [0.1, 0.15) is 18.9 Å². The Morgan fingerprint density at radius 2 is 2.21 bits per heavy atom. The summed E-state index contributed by atoms with van der Waals surface area (Å²) in [4.78, 5) is 0.0490. The summed E-state index contributed by atoms with van der Waals surface area (Å²) < 4.78 is 31.4. The van der Waals surface area contributed by atoms with Crippen LogP contribution >= 0.6 is 11.6 Å². The standard InChI is InChI=1S/C12H15ClN2O3S/c1-2-18-7-3-6-15-19(16,17)11-5-4-10(9-14)12(13)8-11/h4-5,8,15H,2-3,6-7H2,1H3. The molecule has 0 radical (unpaired) electrons. The molecular weight excluding hydrogens is 288 g/mol. The molecule has 1 aromatic rings. The second-order valence-electron chi connectivity index (χ2n) is 3.70. The Kier molecular flexibility index (Phi) is 6.25. The molecule has 0 bridgehead atoms. The molecule has 1 rings (SSSR count). The van der Waals surface area contributed by atoms with Gasteiger partial charge in [0.05, 0.1) is 15.5 Å². The molecule has 1 aromatic carbocycles. The number of ether oxygens (including phenoxy) is 1. The molecule has 0 amide bonds. The van der Waals surface area contributed by atoms with Gasteiger partial charge >= 0.3 is 0 Å². The number of benzene rings is 1. The normalized spacial score (nSPS) is 11.2. The van der Waals surface area contributed by atoms with Crippen LogP contribution in [0.3, 0.4) is 0 Å². The minimum Gasteiger partial charge on any atom is -0.382 e. The monoisotopic (exact) mass is 302 g/mol. The van der Waals surface area contributed by atoms with Crippen LogP contribution in [-0.2, 0) is 14.8 Å². The van der Waals surface area contributed by atoms with Gasteiger partial charge in [0.1, 0.15) is 6.07 Å². The molecule has 19 heavy (non-hydrogen) atoms. The number of rotatable bonds is 7. The molecule has 0 aromatic heterocycles. The van der Waals surface area contributed by atoms with Crippen LogP contribution in [0, 0.1) is 11.3 Å². The fraction of sp³-hybridized carbons (Fsp3) is 0.417. The van der Waals surface area contributed by atoms with Crippen LogP contribution in [0.4, 0.5) is 0 Å². The predicted molar refractivity (Wildman–Crippen MR) is 72.5 cm³/mol. The van der Waals surface area contributed by atoms with E-state index in [1.807, 2.05) is 13.0 Å². The predicted octanol–water partition coefficient (Wildman–Crippen LogP) is 1.92. The minimum atomic E-state index is -3.59. The van der Waals surface area contributed by atoms with Gasteiger partial charge in [-0.05, 0) is 31.5 Å². The number of halogens is 1. The first-order chi connectivity index (χ1) is 9.01. The maximum Gasteiger partial charge on any atom is 0.240 e. The van der Waals surface area contributed by atoms with Crippen molar-refractivity contribution in [1.82, 2.24) is 4.72 Å². The maximum absolute atomic E-state index is 11.9. The zero-order valence-corrected chi connectivity index (χ0v) is 12.1. The second kappa shape index (κ2) is 7.46. The fourth-order valence-electron chi connectivity index (χ4n) is 1.36. The molecule has 1 N–H and O–H groups in total. The van der Waals surface area contributed by atoms with Gasteiger partial charge in [0.2, 0.25) is 10.0 Å². The average molecular weight is 303 g/mol. The average Bonchev–Trinajstić information content (AvgIpc) is 2.38. The first kappa shape index (κ1) is 15.9. The molecule has 0 aliphatic carbocycles. The van der Waals surface area contributed by atoms with Gasteiger partial charge in [0.25, 0.3) is 0 Å². The molecule has 7 heteroatoms. The second-order valence-corrected chi connectivity index (χ2v) is 5.88. The first-order valence-electron chi connectivity index (χ1n) is 5.78. The lowest BCUT2D eigenvalue weighted by Crippen LogP contribution is -2.25. The van der Waals surface area contributed by atoms with Gasteiger partial charge in [-0.1, -0.05) is 11.6 Å². The Morgan fingerprint density at radius 1 is 1.47 bits per heavy atom. The van der Waals surface area contributed by atoms with Gasteiger partial charge in [-0.15, -0.1) is 0 Å². The van der Waals surface area contributed by atoms with Crippen LogP contribution in [0.2, 0.25) is 5.02 Å². The van der Waals surface area contributed by atoms with Crippen molar-refractivity contribution in [2.75, 3.05) is 19.8 Å². The van der Waals surface area contributed by atoms with Crippen molar-refractivity contribution in [3.05, 3.63) is 28.8 Å². The smallest absolute Gasteiger partial charge is 0.240 e. The molecule has 0 saturated carbocycles. The number of hydrogen-bond donors (Lipinski definition) is 1. The minimum absolute atomic E-state index is 0.0490. The molecule has 0 spiro atoms. The van der Waals surface area contributed by atoms with Crippen LogP contribution in [0.15, 0.2) is 23.1 Å². The lowest BCUT2D eigenvalue weighted by atomic mass is 10.2. The van der Waals surface area contributed by atoms with Gasteiger partial charge < -0.3 is 4.74 Å². The first-order valence-corrected chi connectivity index (χ1v) is 7.64. The summed E-state index contributed by atoms with van der Waals surface area (Å²) >= 11 is 5.80. The number of nitriles is 1. The van der Waals surface area contributed by atoms with E-state index >= 15 is 0 Å². The summed E-state index contributed by atoms with van der Waals surface area (Å²) in [6, 6.07) is 5.89. The molecule has 0 aliphatic rings. The van der Waals surface area contributed by atoms with Crippen LogP contribution in [-0.4, -0.2) is 28.2 Å². The van der Waals surface area contributed by atoms with Crippen molar-refractivity contribution >= 4 is 21.6 Å². The largest absolute Gasteiger partial charge is 0.382 e. The highest BCUT2D eigenvalue weighted by Crippen LogP contribution is 2.19. The number of nitrogens with one attached hydrogen (secondary N) is 1. The third kappa shape index (κ3) is 4.80. The SMILES string of the molecule is CCOCCCNS(=O)(=O)c1ccc(C#N)c(Cl)c1. The van der Waals surface area contributed by atoms with Crippen LogP contribution in [0.5, 0.6) is 0 Å². The number of hydrogen-bond acceptors (Lipinski definition) is 4. The van der Waals surface area contributed by atoms with Crippen molar-refractivity contribution in [2.24, 2.45) is 0 Å². The molecular formula is C12H15ClN2O3S. The van der Waals surface area contributed by atoms with E-state index in [0.29, 0.717) is 26.2 Å². The Morgan fingerprint density at radius 3 is 2.79 bits per heavy atom. The van der Waals surface area contributed by atoms with E-state index in [2.05, 4.69) is 4.72 Å². The van der Waals surface area contributed by atoms with Crippen molar-refractivity contribution in [1.29, 1.82) is 5.26 Å². The lowest BCUT2D eigenvalue weighted by Gasteiger charge is -2.07. The Balaban J connectivity index is 2.68. The molecule has 0 unspecified atom stereocenters. The highest BCUT2D eigenvalue weighted by Gasteiger charge is 2.14. The Hall–Kier alpha value is -1.13. The van der Waals surface area contributed by atoms with Crippen LogP contribution in [0.25, 0.3) is 0 Å². The highest BCUT2D eigenvalue weighted by molar-refractivity contribution is 7.89. The maximum atomic E-state index is 11.9. The Bertz CT molecular complexity index is 567. The summed E-state index contributed by atoms with van der Waals surface area (Å²) in [6.07, 6.45) is 0.594. The van der Waals surface area contributed by atoms with Crippen LogP contribution < -0.4 is 4.72 Å². The van der Waals surface area contributed by atoms with Gasteiger partial charge in [0, 0.05) is 19.8 Å². The summed E-state index contributed by atoms with van der Waals surface area (Å²) in [5.74, 6) is 0. The van der Waals surface area contributed by atoms with E-state index < -0.39 is 10.0 Å². The zero-order valence-electron chi connectivity index (χ0n) is 10.5. The fourth-order valence-corrected chi connectivity index (χ4v) is 2.75. The lowest BCUT2D eigenvalue weighted by molar-refractivity contribution is 0.146. The van der Waals surface area contributed by atoms with Gasteiger partial charge in [0.15, 0.2) is 0 Å². The highest BCUT2D eigenvalue weighted by atomic mass is 35.5. The molecule has 0 fully saturated rings. The molecule has 0 saturated heterocycles. The van der Waals surface area contributed by atoms with E-state index in [0.717, 1.165) is 0 Å². The topological polar surface area (TPSA) is 79.2 Å². The van der Waals surface area contributed by atoms with Crippen molar-refractivity contribution < 1.29 is 13.2 Å². The van der Waals surface area contributed by atoms with E-state index in [1.54, 1.807) is 0 Å².